The first-order chi connectivity index (χ1) is 13.6. The molecule has 12 nitrogen and oxygen atoms in total. The van der Waals surface area contributed by atoms with Gasteiger partial charge >= 0.3 is 29.8 Å². The highest BCUT2D eigenvalue weighted by atomic mass is 16.4. The van der Waals surface area contributed by atoms with E-state index in [-0.39, 0.29) is 6.61 Å². The smallest absolute Gasteiger partial charge is 0.327 e. The molecule has 0 rings (SSSR count). The maximum atomic E-state index is 9.25. The summed E-state index contributed by atoms with van der Waals surface area (Å²) in [6, 6.07) is 0. The number of rotatable bonds is 6. The fourth-order valence-electron chi connectivity index (χ4n) is 0. The van der Waals surface area contributed by atoms with Gasteiger partial charge in [-0.1, -0.05) is 32.9 Å². The largest absolute Gasteiger partial charge is 0.478 e. The first-order valence-corrected chi connectivity index (χ1v) is 7.18. The summed E-state index contributed by atoms with van der Waals surface area (Å²) >= 11 is 0. The summed E-state index contributed by atoms with van der Waals surface area (Å²) in [7, 11) is 0. The summed E-state index contributed by atoms with van der Waals surface area (Å²) in [5, 5.41) is 54.0. The Kier molecular flexibility index (Phi) is 48.7. The average Bonchev–Trinajstić information content (AvgIpc) is 2.69. The summed E-state index contributed by atoms with van der Waals surface area (Å²) in [5.74, 6) is -4.91. The van der Waals surface area contributed by atoms with Crippen LogP contribution in [0.2, 0.25) is 0 Å². The molecule has 0 saturated heterocycles. The van der Waals surface area contributed by atoms with Gasteiger partial charge in [0.1, 0.15) is 0 Å². The fraction of sp³-hybridized carbons (Fsp3) is 0.167. The van der Waals surface area contributed by atoms with E-state index in [1.807, 2.05) is 0 Å². The number of carboxylic acids is 5. The predicted molar refractivity (Wildman–Crippen MR) is 108 cm³/mol. The molecule has 0 radical (unpaired) electrons. The highest BCUT2D eigenvalue weighted by molar-refractivity contribution is 5.80. The number of carboxylic acid groups (broad SMARTS) is 5. The molecule has 0 aliphatic heterocycles. The molecule has 0 bridgehead atoms. The van der Waals surface area contributed by atoms with Crippen molar-refractivity contribution in [2.45, 2.75) is 13.0 Å². The van der Waals surface area contributed by atoms with Crippen molar-refractivity contribution in [2.24, 2.45) is 0 Å². The van der Waals surface area contributed by atoms with Crippen LogP contribution in [0.3, 0.4) is 0 Å². The van der Waals surface area contributed by atoms with Crippen molar-refractivity contribution in [2.75, 3.05) is 6.61 Å². The van der Waals surface area contributed by atoms with Crippen LogP contribution in [-0.4, -0.2) is 78.3 Å². The van der Waals surface area contributed by atoms with Crippen LogP contribution in [0.25, 0.3) is 0 Å². The third-order valence-electron chi connectivity index (χ3n) is 1.14. The summed E-state index contributed by atoms with van der Waals surface area (Å²) in [5.41, 5.74) is 0. The minimum absolute atomic E-state index is 0.139. The molecular formula is C18H28O12. The van der Waals surface area contributed by atoms with E-state index in [0.29, 0.717) is 0 Å². The third kappa shape index (κ3) is 199. The first kappa shape index (κ1) is 40.6. The highest BCUT2D eigenvalue weighted by Crippen LogP contribution is 1.68. The molecule has 0 spiro atoms. The lowest BCUT2D eigenvalue weighted by Crippen LogP contribution is -2.03. The summed E-state index contributed by atoms with van der Waals surface area (Å²) in [4.78, 5) is 46.2. The van der Waals surface area contributed by atoms with Crippen molar-refractivity contribution in [3.8, 4) is 0 Å². The van der Waals surface area contributed by atoms with Crippen LogP contribution < -0.4 is 0 Å². The molecule has 1 unspecified atom stereocenters. The SMILES string of the molecule is C=CC(=O)O.C=CC(=O)O.C=CC(=O)O.C=CC(=O)O.C=CC(=O)O.CC(O)CO. The van der Waals surface area contributed by atoms with Gasteiger partial charge in [0.05, 0.1) is 12.7 Å². The molecule has 30 heavy (non-hydrogen) atoms. The van der Waals surface area contributed by atoms with Crippen LogP contribution in [0, 0.1) is 0 Å². The van der Waals surface area contributed by atoms with Crippen molar-refractivity contribution in [3.05, 3.63) is 63.3 Å². The van der Waals surface area contributed by atoms with E-state index in [2.05, 4.69) is 32.9 Å². The van der Waals surface area contributed by atoms with Crippen molar-refractivity contribution >= 4 is 29.8 Å². The summed E-state index contributed by atoms with van der Waals surface area (Å²) < 4.78 is 0. The molecule has 7 N–H and O–H groups in total. The quantitative estimate of drug-likeness (QED) is 0.285. The van der Waals surface area contributed by atoms with E-state index in [1.54, 1.807) is 0 Å². The van der Waals surface area contributed by atoms with Gasteiger partial charge in [0.2, 0.25) is 0 Å². The zero-order chi connectivity index (χ0) is 25.7. The number of aliphatic hydroxyl groups excluding tert-OH is 2. The van der Waals surface area contributed by atoms with Gasteiger partial charge in [-0.05, 0) is 6.92 Å². The molecule has 172 valence electrons. The van der Waals surface area contributed by atoms with E-state index in [4.69, 9.17) is 35.7 Å². The minimum atomic E-state index is -0.981. The Hall–Kier alpha value is -4.03. The van der Waals surface area contributed by atoms with Crippen LogP contribution in [0.1, 0.15) is 6.92 Å². The summed E-state index contributed by atoms with van der Waals surface area (Å²) in [6.45, 7) is 16.2. The first-order valence-electron chi connectivity index (χ1n) is 7.18. The van der Waals surface area contributed by atoms with Crippen LogP contribution >= 0.6 is 0 Å². The second-order valence-electron chi connectivity index (χ2n) is 3.74. The zero-order valence-corrected chi connectivity index (χ0v) is 16.4. The number of hydrogen-bond acceptors (Lipinski definition) is 7. The van der Waals surface area contributed by atoms with E-state index in [0.717, 1.165) is 30.4 Å². The molecule has 0 fully saturated rings. The van der Waals surface area contributed by atoms with Gasteiger partial charge in [-0.15, -0.1) is 0 Å². The Balaban J connectivity index is -0.0000000576. The molecule has 1 atom stereocenters. The van der Waals surface area contributed by atoms with E-state index in [9.17, 15) is 24.0 Å². The molecule has 0 aliphatic carbocycles. The van der Waals surface area contributed by atoms with Crippen LogP contribution in [0.15, 0.2) is 63.3 Å². The van der Waals surface area contributed by atoms with Gasteiger partial charge < -0.3 is 35.7 Å². The predicted octanol–water partition coefficient (Wildman–Crippen LogP) is 0.645. The van der Waals surface area contributed by atoms with Crippen LogP contribution in [-0.2, 0) is 24.0 Å². The highest BCUT2D eigenvalue weighted by Gasteiger charge is 1.83. The Morgan fingerprint density at radius 1 is 0.600 bits per heavy atom. The molecule has 0 aliphatic rings. The maximum absolute atomic E-state index is 9.25. The molecule has 0 aromatic heterocycles. The lowest BCUT2D eigenvalue weighted by Gasteiger charge is -1.90. The number of aliphatic carboxylic acids is 5. The van der Waals surface area contributed by atoms with Gasteiger partial charge in [0.25, 0.3) is 0 Å². The second kappa shape index (κ2) is 36.0. The number of hydrogen-bond donors (Lipinski definition) is 7. The molecular weight excluding hydrogens is 408 g/mol. The van der Waals surface area contributed by atoms with Gasteiger partial charge in [-0.2, -0.15) is 0 Å². The lowest BCUT2D eigenvalue weighted by atomic mass is 10.5. The van der Waals surface area contributed by atoms with E-state index >= 15 is 0 Å². The zero-order valence-electron chi connectivity index (χ0n) is 16.4. The van der Waals surface area contributed by atoms with Gasteiger partial charge in [-0.25, -0.2) is 24.0 Å². The second-order valence-corrected chi connectivity index (χ2v) is 3.74. The molecule has 12 heteroatoms. The van der Waals surface area contributed by atoms with E-state index < -0.39 is 36.0 Å². The van der Waals surface area contributed by atoms with Gasteiger partial charge in [0.15, 0.2) is 0 Å². The molecule has 0 amide bonds. The van der Waals surface area contributed by atoms with Crippen LogP contribution in [0.5, 0.6) is 0 Å². The van der Waals surface area contributed by atoms with Crippen molar-refractivity contribution < 1.29 is 59.7 Å². The minimum Gasteiger partial charge on any atom is -0.478 e. The maximum Gasteiger partial charge on any atom is 0.327 e. The third-order valence-corrected chi connectivity index (χ3v) is 1.14. The molecule has 0 heterocycles. The van der Waals surface area contributed by atoms with Gasteiger partial charge in [-0.3, -0.25) is 0 Å². The standard InChI is InChI=1S/C3H8O2.5C3H4O2/c1-3(5)2-4;5*1-2-3(4)5/h3-5H,2H2,1H3;5*2H,1H2,(H,4,5). The number of aliphatic hydroxyl groups is 2. The summed E-state index contributed by atoms with van der Waals surface area (Å²) in [6.07, 6.45) is 3.61. The molecule has 0 saturated carbocycles. The normalized spacial score (nSPS) is 7.83. The number of carbonyl (C=O) groups is 5. The van der Waals surface area contributed by atoms with Gasteiger partial charge in [0, 0.05) is 30.4 Å². The van der Waals surface area contributed by atoms with Crippen molar-refractivity contribution in [1.82, 2.24) is 0 Å². The van der Waals surface area contributed by atoms with Crippen molar-refractivity contribution in [3.63, 3.8) is 0 Å². The average molecular weight is 436 g/mol. The molecule has 0 aromatic rings. The van der Waals surface area contributed by atoms with Crippen LogP contribution in [0.4, 0.5) is 0 Å². The topological polar surface area (TPSA) is 227 Å². The Morgan fingerprint density at radius 2 is 0.667 bits per heavy atom. The molecule has 0 aromatic carbocycles. The fourth-order valence-corrected chi connectivity index (χ4v) is 0. The lowest BCUT2D eigenvalue weighted by molar-refractivity contribution is -0.132. The Morgan fingerprint density at radius 3 is 0.667 bits per heavy atom. The monoisotopic (exact) mass is 436 g/mol. The van der Waals surface area contributed by atoms with E-state index in [1.165, 1.54) is 6.92 Å². The Bertz CT molecular complexity index is 443. The Labute approximate surface area is 173 Å². The van der Waals surface area contributed by atoms with Crippen molar-refractivity contribution in [1.29, 1.82) is 0 Å².